The summed E-state index contributed by atoms with van der Waals surface area (Å²) in [6, 6.07) is 11.5. The smallest absolute Gasteiger partial charge is 0.273 e. The first-order chi connectivity index (χ1) is 12.7. The number of anilines is 1. The van der Waals surface area contributed by atoms with E-state index in [9.17, 15) is 18.8 Å². The Bertz CT molecular complexity index is 939. The van der Waals surface area contributed by atoms with Crippen LogP contribution in [0.3, 0.4) is 0 Å². The molecule has 5 nitrogen and oxygen atoms in total. The van der Waals surface area contributed by atoms with Crippen LogP contribution in [0.15, 0.2) is 54.1 Å². The highest BCUT2D eigenvalue weighted by Crippen LogP contribution is 2.25. The van der Waals surface area contributed by atoms with Crippen molar-refractivity contribution in [3.63, 3.8) is 0 Å². The maximum atomic E-state index is 13.1. The molecule has 0 saturated carbocycles. The van der Waals surface area contributed by atoms with Crippen molar-refractivity contribution < 1.29 is 18.8 Å². The Balaban J connectivity index is 1.95. The second-order valence-electron chi connectivity index (χ2n) is 7.31. The SMILES string of the molecule is CC(C)(C)c1ccc(C=C2C(=O)NC(=O)N(c3ccc(F)cc3)C2=O)cc1. The van der Waals surface area contributed by atoms with Crippen LogP contribution in [0.5, 0.6) is 0 Å². The number of nitrogens with one attached hydrogen (secondary N) is 1. The van der Waals surface area contributed by atoms with Gasteiger partial charge in [-0.25, -0.2) is 14.1 Å². The molecule has 1 saturated heterocycles. The summed E-state index contributed by atoms with van der Waals surface area (Å²) in [7, 11) is 0. The lowest BCUT2D eigenvalue weighted by atomic mass is 9.86. The predicted molar refractivity (Wildman–Crippen MR) is 101 cm³/mol. The van der Waals surface area contributed by atoms with Gasteiger partial charge in [-0.05, 0) is 46.9 Å². The summed E-state index contributed by atoms with van der Waals surface area (Å²) >= 11 is 0. The monoisotopic (exact) mass is 366 g/mol. The van der Waals surface area contributed by atoms with Gasteiger partial charge in [-0.1, -0.05) is 45.0 Å². The van der Waals surface area contributed by atoms with Crippen LogP contribution >= 0.6 is 0 Å². The Morgan fingerprint density at radius 1 is 0.926 bits per heavy atom. The largest absolute Gasteiger partial charge is 0.335 e. The zero-order valence-corrected chi connectivity index (χ0v) is 15.2. The van der Waals surface area contributed by atoms with E-state index in [0.717, 1.165) is 22.6 Å². The lowest BCUT2D eigenvalue weighted by molar-refractivity contribution is -0.122. The Labute approximate surface area is 156 Å². The van der Waals surface area contributed by atoms with E-state index in [4.69, 9.17) is 0 Å². The highest BCUT2D eigenvalue weighted by molar-refractivity contribution is 6.39. The van der Waals surface area contributed by atoms with Gasteiger partial charge in [0.05, 0.1) is 5.69 Å². The number of hydrogen-bond donors (Lipinski definition) is 1. The topological polar surface area (TPSA) is 66.5 Å². The molecule has 1 N–H and O–H groups in total. The molecule has 0 bridgehead atoms. The number of carbonyl (C=O) groups is 3. The molecule has 0 atom stereocenters. The summed E-state index contributed by atoms with van der Waals surface area (Å²) < 4.78 is 13.1. The molecule has 2 aromatic carbocycles. The highest BCUT2D eigenvalue weighted by atomic mass is 19.1. The van der Waals surface area contributed by atoms with Gasteiger partial charge in [0, 0.05) is 0 Å². The minimum absolute atomic E-state index is 0.0183. The number of benzene rings is 2. The zero-order chi connectivity index (χ0) is 19.8. The number of amides is 4. The number of barbiturate groups is 1. The lowest BCUT2D eigenvalue weighted by Gasteiger charge is -2.26. The van der Waals surface area contributed by atoms with Crippen molar-refractivity contribution in [2.75, 3.05) is 4.90 Å². The summed E-state index contributed by atoms with van der Waals surface area (Å²) in [5.41, 5.74) is 1.78. The van der Waals surface area contributed by atoms with Crippen LogP contribution in [-0.4, -0.2) is 17.8 Å². The molecule has 0 radical (unpaired) electrons. The Morgan fingerprint density at radius 2 is 1.52 bits per heavy atom. The summed E-state index contributed by atoms with van der Waals surface area (Å²) in [6.45, 7) is 6.26. The van der Waals surface area contributed by atoms with Gasteiger partial charge in [-0.2, -0.15) is 0 Å². The number of urea groups is 1. The van der Waals surface area contributed by atoms with Crippen LogP contribution in [0.25, 0.3) is 6.08 Å². The van der Waals surface area contributed by atoms with Crippen LogP contribution in [0.4, 0.5) is 14.9 Å². The van der Waals surface area contributed by atoms with Crippen molar-refractivity contribution >= 4 is 29.6 Å². The molecule has 0 aromatic heterocycles. The molecule has 2 aromatic rings. The highest BCUT2D eigenvalue weighted by Gasteiger charge is 2.36. The first-order valence-electron chi connectivity index (χ1n) is 8.44. The fraction of sp³-hybridized carbons (Fsp3) is 0.190. The van der Waals surface area contributed by atoms with E-state index >= 15 is 0 Å². The Morgan fingerprint density at radius 3 is 2.07 bits per heavy atom. The first kappa shape index (κ1) is 18.5. The van der Waals surface area contributed by atoms with Gasteiger partial charge in [0.25, 0.3) is 11.8 Å². The molecule has 0 spiro atoms. The average molecular weight is 366 g/mol. The van der Waals surface area contributed by atoms with Crippen LogP contribution in [0.2, 0.25) is 0 Å². The molecule has 1 heterocycles. The van der Waals surface area contributed by atoms with Gasteiger partial charge in [0.2, 0.25) is 0 Å². The standard InChI is InChI=1S/C21H19FN2O3/c1-21(2,3)14-6-4-13(5-7-14)12-17-18(25)23-20(27)24(19(17)26)16-10-8-15(22)9-11-16/h4-12H,1-3H3,(H,23,25,27). The quantitative estimate of drug-likeness (QED) is 0.650. The molecule has 1 aliphatic rings. The minimum atomic E-state index is -0.864. The molecule has 138 valence electrons. The molecule has 1 fully saturated rings. The van der Waals surface area contributed by atoms with Crippen LogP contribution in [0.1, 0.15) is 31.9 Å². The van der Waals surface area contributed by atoms with E-state index < -0.39 is 23.7 Å². The van der Waals surface area contributed by atoms with Crippen molar-refractivity contribution in [1.29, 1.82) is 0 Å². The van der Waals surface area contributed by atoms with Crippen LogP contribution < -0.4 is 10.2 Å². The van der Waals surface area contributed by atoms with Gasteiger partial charge >= 0.3 is 6.03 Å². The van der Waals surface area contributed by atoms with Crippen molar-refractivity contribution in [3.05, 3.63) is 71.0 Å². The number of imide groups is 2. The van der Waals surface area contributed by atoms with E-state index in [0.29, 0.717) is 5.56 Å². The van der Waals surface area contributed by atoms with E-state index in [1.165, 1.54) is 18.2 Å². The van der Waals surface area contributed by atoms with Crippen molar-refractivity contribution in [3.8, 4) is 0 Å². The third-order valence-electron chi connectivity index (χ3n) is 4.27. The molecule has 3 rings (SSSR count). The normalized spacial score (nSPS) is 16.7. The average Bonchev–Trinajstić information content (AvgIpc) is 2.60. The molecule has 0 aliphatic carbocycles. The fourth-order valence-corrected chi connectivity index (χ4v) is 2.73. The van der Waals surface area contributed by atoms with E-state index in [1.807, 2.05) is 24.3 Å². The second kappa shape index (κ2) is 6.79. The fourth-order valence-electron chi connectivity index (χ4n) is 2.73. The summed E-state index contributed by atoms with van der Waals surface area (Å²) in [6.07, 6.45) is 1.44. The van der Waals surface area contributed by atoms with Gasteiger partial charge in [0.1, 0.15) is 11.4 Å². The molecule has 0 unspecified atom stereocenters. The van der Waals surface area contributed by atoms with Crippen molar-refractivity contribution in [2.24, 2.45) is 0 Å². The maximum Gasteiger partial charge on any atom is 0.335 e. The molecule has 4 amide bonds. The molecular formula is C21H19FN2O3. The number of halogens is 1. The number of rotatable bonds is 2. The van der Waals surface area contributed by atoms with E-state index in [2.05, 4.69) is 26.1 Å². The maximum absolute atomic E-state index is 13.1. The van der Waals surface area contributed by atoms with Gasteiger partial charge in [-0.3, -0.25) is 14.9 Å². The molecule has 1 aliphatic heterocycles. The Kier molecular flexibility index (Phi) is 4.66. The van der Waals surface area contributed by atoms with Gasteiger partial charge in [-0.15, -0.1) is 0 Å². The van der Waals surface area contributed by atoms with E-state index in [1.54, 1.807) is 0 Å². The molecule has 27 heavy (non-hydrogen) atoms. The van der Waals surface area contributed by atoms with Gasteiger partial charge < -0.3 is 0 Å². The summed E-state index contributed by atoms with van der Waals surface area (Å²) in [5, 5.41) is 2.14. The third-order valence-corrected chi connectivity index (χ3v) is 4.27. The minimum Gasteiger partial charge on any atom is -0.273 e. The predicted octanol–water partition coefficient (Wildman–Crippen LogP) is 3.79. The third kappa shape index (κ3) is 3.79. The van der Waals surface area contributed by atoms with Crippen molar-refractivity contribution in [2.45, 2.75) is 26.2 Å². The first-order valence-corrected chi connectivity index (χ1v) is 8.44. The Hall–Kier alpha value is -3.28. The van der Waals surface area contributed by atoms with E-state index in [-0.39, 0.29) is 16.7 Å². The molecule has 6 heteroatoms. The van der Waals surface area contributed by atoms with Crippen molar-refractivity contribution in [1.82, 2.24) is 5.32 Å². The molecular weight excluding hydrogens is 347 g/mol. The second-order valence-corrected chi connectivity index (χ2v) is 7.31. The number of carbonyl (C=O) groups excluding carboxylic acids is 3. The van der Waals surface area contributed by atoms with Crippen LogP contribution in [-0.2, 0) is 15.0 Å². The number of hydrogen-bond acceptors (Lipinski definition) is 3. The zero-order valence-electron chi connectivity index (χ0n) is 15.2. The van der Waals surface area contributed by atoms with Crippen LogP contribution in [0, 0.1) is 5.82 Å². The summed E-state index contributed by atoms with van der Waals surface area (Å²) in [4.78, 5) is 37.8. The lowest BCUT2D eigenvalue weighted by Crippen LogP contribution is -2.54. The summed E-state index contributed by atoms with van der Waals surface area (Å²) in [5.74, 6) is -2.01. The van der Waals surface area contributed by atoms with Gasteiger partial charge in [0.15, 0.2) is 0 Å². The number of nitrogens with zero attached hydrogens (tertiary/aromatic N) is 1.